The van der Waals surface area contributed by atoms with Crippen LogP contribution in [0.15, 0.2) is 0 Å². The molecule has 0 aliphatic carbocycles. The maximum Gasteiger partial charge on any atom is 0.329 e. The molecule has 0 heterocycles. The fourth-order valence-electron chi connectivity index (χ4n) is 0.474. The van der Waals surface area contributed by atoms with Crippen molar-refractivity contribution in [1.82, 2.24) is 0 Å². The molecule has 0 spiro atoms. The van der Waals surface area contributed by atoms with Crippen LogP contribution < -0.4 is 0 Å². The van der Waals surface area contributed by atoms with Gasteiger partial charge in [-0.3, -0.25) is 4.85 Å². The quantitative estimate of drug-likeness (QED) is 0.705. The molecule has 0 rings (SSSR count). The van der Waals surface area contributed by atoms with Crippen LogP contribution in [0, 0.1) is 12.5 Å². The van der Waals surface area contributed by atoms with Gasteiger partial charge in [-0.2, -0.15) is 0 Å². The van der Waals surface area contributed by atoms with Gasteiger partial charge in [0.2, 0.25) is 0 Å². The predicted molar refractivity (Wildman–Crippen MR) is 32.2 cm³/mol. The van der Waals surface area contributed by atoms with Crippen LogP contribution >= 0.6 is 0 Å². The van der Waals surface area contributed by atoms with Gasteiger partial charge in [0, 0.05) is 27.5 Å². The summed E-state index contributed by atoms with van der Waals surface area (Å²) in [6.45, 7) is 10.5. The van der Waals surface area contributed by atoms with Crippen molar-refractivity contribution in [3.63, 3.8) is 0 Å². The first kappa shape index (κ1) is 11.9. The third kappa shape index (κ3) is 4.61. The average Bonchev–Trinajstić information content (AvgIpc) is 1.69. The van der Waals surface area contributed by atoms with Gasteiger partial charge in [0.05, 0.1) is 5.92 Å². The van der Waals surface area contributed by atoms with Crippen LogP contribution in [0.2, 0.25) is 0 Å². The maximum atomic E-state index is 6.59. The summed E-state index contributed by atoms with van der Waals surface area (Å²) in [6.07, 6.45) is -0.255. The van der Waals surface area contributed by atoms with Crippen molar-refractivity contribution in [2.24, 2.45) is 5.92 Å². The minimum atomic E-state index is -0.255. The molecule has 53 valence electrons. The predicted octanol–water partition coefficient (Wildman–Crippen LogP) is 1.53. The largest absolute Gasteiger partial charge is 0.329 e. The fourth-order valence-corrected chi connectivity index (χ4v) is 0.474. The topological polar surface area (TPSA) is 13.6 Å². The molecule has 0 N–H and O–H groups in total. The first-order chi connectivity index (χ1) is 3.72. The zero-order valence-corrected chi connectivity index (χ0v) is 8.60. The van der Waals surface area contributed by atoms with Crippen LogP contribution in [0.3, 0.4) is 0 Å². The number of hydrogen-bond donors (Lipinski definition) is 0. The van der Waals surface area contributed by atoms with E-state index in [0.717, 1.165) is 0 Å². The van der Waals surface area contributed by atoms with Gasteiger partial charge in [0.15, 0.2) is 0 Å². The molecular weight excluding hydrogens is 288 g/mol. The second kappa shape index (κ2) is 6.24. The van der Waals surface area contributed by atoms with E-state index in [1.54, 1.807) is 7.11 Å². The second-order valence-electron chi connectivity index (χ2n) is 2.00. The Morgan fingerprint density at radius 3 is 1.89 bits per heavy atom. The molecule has 0 aliphatic rings. The summed E-state index contributed by atoms with van der Waals surface area (Å²) in [4.78, 5) is 3.23. The summed E-state index contributed by atoms with van der Waals surface area (Å²) >= 11 is 0. The van der Waals surface area contributed by atoms with Crippen LogP contribution in [-0.2, 0) is 25.2 Å². The normalized spacial score (nSPS) is 11.9. The summed E-state index contributed by atoms with van der Waals surface area (Å²) in [6, 6.07) is 0. The van der Waals surface area contributed by atoms with Gasteiger partial charge in [0.25, 0.3) is 0 Å². The van der Waals surface area contributed by atoms with Crippen molar-refractivity contribution in [1.29, 1.82) is 0 Å². The van der Waals surface area contributed by atoms with Gasteiger partial charge < -0.3 is 4.74 Å². The van der Waals surface area contributed by atoms with E-state index in [1.807, 2.05) is 13.8 Å². The minimum absolute atomic E-state index is 0. The van der Waals surface area contributed by atoms with E-state index in [9.17, 15) is 0 Å². The van der Waals surface area contributed by atoms with Crippen molar-refractivity contribution >= 4 is 0 Å². The number of methoxy groups -OCH3 is 1. The molecule has 0 saturated carbocycles. The zero-order valence-electron chi connectivity index (χ0n) is 5.89. The van der Waals surface area contributed by atoms with Gasteiger partial charge in [-0.25, -0.2) is 6.57 Å². The van der Waals surface area contributed by atoms with Crippen molar-refractivity contribution in [2.45, 2.75) is 20.1 Å². The van der Waals surface area contributed by atoms with Gasteiger partial charge in [-0.15, -0.1) is 0 Å². The molecule has 0 bridgehead atoms. The molecule has 1 unspecified atom stereocenters. The average molecular weight is 299 g/mol. The van der Waals surface area contributed by atoms with Crippen molar-refractivity contribution in [2.75, 3.05) is 7.11 Å². The minimum Gasteiger partial charge on any atom is -0.314 e. The maximum absolute atomic E-state index is 6.59. The van der Waals surface area contributed by atoms with Gasteiger partial charge in [0.1, 0.15) is 0 Å². The SMILES string of the molecule is [C-]#[N+]C(OC)C(C)C.[Re]. The Balaban J connectivity index is 0. The summed E-state index contributed by atoms with van der Waals surface area (Å²) in [5.74, 6) is 0.303. The van der Waals surface area contributed by atoms with Crippen LogP contribution in [0.4, 0.5) is 0 Å². The number of ether oxygens (including phenoxy) is 1. The van der Waals surface area contributed by atoms with E-state index in [2.05, 4.69) is 4.85 Å². The Morgan fingerprint density at radius 2 is 1.89 bits per heavy atom. The summed E-state index contributed by atoms with van der Waals surface area (Å²) in [5.41, 5.74) is 0. The molecular formula is C6H11NORe. The smallest absolute Gasteiger partial charge is 0.314 e. The van der Waals surface area contributed by atoms with E-state index in [0.29, 0.717) is 5.92 Å². The molecule has 0 aromatic rings. The van der Waals surface area contributed by atoms with Gasteiger partial charge in [-0.05, 0) is 0 Å². The molecule has 0 saturated heterocycles. The van der Waals surface area contributed by atoms with E-state index < -0.39 is 0 Å². The number of hydrogen-bond acceptors (Lipinski definition) is 1. The van der Waals surface area contributed by atoms with Crippen LogP contribution in [0.5, 0.6) is 0 Å². The molecule has 0 aliphatic heterocycles. The third-order valence-corrected chi connectivity index (χ3v) is 0.939. The Bertz CT molecular complexity index is 97.7. The van der Waals surface area contributed by atoms with Crippen LogP contribution in [0.25, 0.3) is 4.85 Å². The summed E-state index contributed by atoms with van der Waals surface area (Å²) in [5, 5.41) is 0. The van der Waals surface area contributed by atoms with E-state index in [-0.39, 0.29) is 26.7 Å². The standard InChI is InChI=1S/C6H11NO.Re/c1-5(2)6(7-3)8-4;/h5-6H,1-2,4H3;. The van der Waals surface area contributed by atoms with E-state index in [1.165, 1.54) is 0 Å². The van der Waals surface area contributed by atoms with E-state index >= 15 is 0 Å². The molecule has 0 fully saturated rings. The van der Waals surface area contributed by atoms with Gasteiger partial charge in [-0.1, -0.05) is 13.8 Å². The third-order valence-electron chi connectivity index (χ3n) is 0.939. The molecule has 2 nitrogen and oxygen atoms in total. The first-order valence-corrected chi connectivity index (χ1v) is 2.61. The Kier molecular flexibility index (Phi) is 8.21. The molecule has 0 amide bonds. The summed E-state index contributed by atoms with van der Waals surface area (Å²) in [7, 11) is 1.56. The molecule has 9 heavy (non-hydrogen) atoms. The molecule has 3 heteroatoms. The Hall–Kier alpha value is 0.112. The zero-order chi connectivity index (χ0) is 6.57. The van der Waals surface area contributed by atoms with Crippen molar-refractivity contribution in [3.8, 4) is 0 Å². The van der Waals surface area contributed by atoms with Gasteiger partial charge >= 0.3 is 6.23 Å². The van der Waals surface area contributed by atoms with Crippen LogP contribution in [0.1, 0.15) is 13.8 Å². The summed E-state index contributed by atoms with van der Waals surface area (Å²) < 4.78 is 4.81. The molecule has 1 atom stereocenters. The Labute approximate surface area is 70.1 Å². The molecule has 0 aromatic carbocycles. The molecule has 1 radical (unpaired) electrons. The first-order valence-electron chi connectivity index (χ1n) is 2.61. The monoisotopic (exact) mass is 300 g/mol. The fraction of sp³-hybridized carbons (Fsp3) is 0.833. The number of nitrogens with zero attached hydrogens (tertiary/aromatic N) is 1. The molecule has 0 aromatic heterocycles. The number of rotatable bonds is 2. The van der Waals surface area contributed by atoms with Crippen molar-refractivity contribution < 1.29 is 25.2 Å². The Morgan fingerprint density at radius 1 is 1.44 bits per heavy atom. The van der Waals surface area contributed by atoms with E-state index in [4.69, 9.17) is 11.3 Å². The van der Waals surface area contributed by atoms with Crippen molar-refractivity contribution in [3.05, 3.63) is 11.4 Å². The second-order valence-corrected chi connectivity index (χ2v) is 2.00. The van der Waals surface area contributed by atoms with Crippen LogP contribution in [-0.4, -0.2) is 13.3 Å².